The van der Waals surface area contributed by atoms with Gasteiger partial charge < -0.3 is 10.1 Å². The van der Waals surface area contributed by atoms with E-state index in [9.17, 15) is 4.39 Å². The zero-order chi connectivity index (χ0) is 16.7. The number of rotatable bonds is 4. The van der Waals surface area contributed by atoms with E-state index in [2.05, 4.69) is 34.6 Å². The molecule has 1 aliphatic rings. The van der Waals surface area contributed by atoms with E-state index >= 15 is 0 Å². The quantitative estimate of drug-likeness (QED) is 0.596. The number of nitrogens with zero attached hydrogens (tertiary/aromatic N) is 1. The number of H-pyrrole nitrogens is 1. The highest BCUT2D eigenvalue weighted by atomic mass is 19.1. The van der Waals surface area contributed by atoms with Crippen molar-refractivity contribution in [1.29, 1.82) is 0 Å². The van der Waals surface area contributed by atoms with E-state index in [1.54, 1.807) is 12.1 Å². The van der Waals surface area contributed by atoms with E-state index < -0.39 is 0 Å². The largest absolute Gasteiger partial charge is 0.494 e. The van der Waals surface area contributed by atoms with Crippen molar-refractivity contribution in [2.24, 2.45) is 0 Å². The van der Waals surface area contributed by atoms with Crippen LogP contribution >= 0.6 is 0 Å². The SMILES string of the molecule is COc1cc2c(cc1F)Cc1c-2n[nH]c1NCc1ccccc1C. The van der Waals surface area contributed by atoms with E-state index in [0.717, 1.165) is 34.7 Å². The second-order valence-electron chi connectivity index (χ2n) is 6.03. The van der Waals surface area contributed by atoms with Gasteiger partial charge in [0.1, 0.15) is 5.82 Å². The van der Waals surface area contributed by atoms with Gasteiger partial charge in [-0.05, 0) is 35.7 Å². The fraction of sp³-hybridized carbons (Fsp3) is 0.211. The monoisotopic (exact) mass is 323 g/mol. The van der Waals surface area contributed by atoms with Gasteiger partial charge in [0.15, 0.2) is 11.6 Å². The van der Waals surface area contributed by atoms with Crippen LogP contribution in [-0.4, -0.2) is 17.3 Å². The maximum atomic E-state index is 13.9. The van der Waals surface area contributed by atoms with Crippen molar-refractivity contribution < 1.29 is 9.13 Å². The Morgan fingerprint density at radius 1 is 1.29 bits per heavy atom. The van der Waals surface area contributed by atoms with Crippen molar-refractivity contribution in [1.82, 2.24) is 10.2 Å². The second-order valence-corrected chi connectivity index (χ2v) is 6.03. The van der Waals surface area contributed by atoms with Gasteiger partial charge in [-0.15, -0.1) is 0 Å². The molecule has 1 aliphatic carbocycles. The van der Waals surface area contributed by atoms with Crippen molar-refractivity contribution in [3.8, 4) is 17.0 Å². The number of methoxy groups -OCH3 is 1. The molecule has 0 aliphatic heterocycles. The number of ether oxygens (including phenoxy) is 1. The number of fused-ring (bicyclic) bond motifs is 3. The molecule has 1 aromatic heterocycles. The lowest BCUT2D eigenvalue weighted by Crippen LogP contribution is -2.03. The summed E-state index contributed by atoms with van der Waals surface area (Å²) in [4.78, 5) is 0. The molecule has 24 heavy (non-hydrogen) atoms. The number of anilines is 1. The summed E-state index contributed by atoms with van der Waals surface area (Å²) in [6.07, 6.45) is 0.665. The van der Waals surface area contributed by atoms with Crippen LogP contribution in [0.3, 0.4) is 0 Å². The average molecular weight is 323 g/mol. The normalized spacial score (nSPS) is 12.0. The Hall–Kier alpha value is -2.82. The van der Waals surface area contributed by atoms with E-state index in [1.165, 1.54) is 18.2 Å². The first kappa shape index (κ1) is 14.8. The summed E-state index contributed by atoms with van der Waals surface area (Å²) in [7, 11) is 1.47. The van der Waals surface area contributed by atoms with Crippen molar-refractivity contribution in [2.45, 2.75) is 19.9 Å². The first-order chi connectivity index (χ1) is 11.7. The molecule has 0 fully saturated rings. The maximum Gasteiger partial charge on any atom is 0.165 e. The fourth-order valence-corrected chi connectivity index (χ4v) is 3.21. The van der Waals surface area contributed by atoms with Gasteiger partial charge in [0, 0.05) is 24.1 Å². The minimum absolute atomic E-state index is 0.249. The highest BCUT2D eigenvalue weighted by Gasteiger charge is 2.26. The lowest BCUT2D eigenvalue weighted by Gasteiger charge is -2.08. The third-order valence-corrected chi connectivity index (χ3v) is 4.58. The van der Waals surface area contributed by atoms with Crippen LogP contribution in [0.25, 0.3) is 11.3 Å². The number of hydrogen-bond donors (Lipinski definition) is 2. The highest BCUT2D eigenvalue weighted by molar-refractivity contribution is 5.79. The Bertz CT molecular complexity index is 917. The van der Waals surface area contributed by atoms with Gasteiger partial charge >= 0.3 is 0 Å². The molecule has 0 saturated heterocycles. The van der Waals surface area contributed by atoms with Crippen molar-refractivity contribution >= 4 is 5.82 Å². The Morgan fingerprint density at radius 2 is 2.12 bits per heavy atom. The number of aryl methyl sites for hydroxylation is 1. The predicted octanol–water partition coefficient (Wildman–Crippen LogP) is 4.05. The van der Waals surface area contributed by atoms with Gasteiger partial charge in [-0.25, -0.2) is 4.39 Å². The molecule has 5 heteroatoms. The van der Waals surface area contributed by atoms with Crippen molar-refractivity contribution in [3.63, 3.8) is 0 Å². The van der Waals surface area contributed by atoms with Crippen LogP contribution in [0.5, 0.6) is 5.75 Å². The van der Waals surface area contributed by atoms with Crippen LogP contribution in [0.4, 0.5) is 10.2 Å². The van der Waals surface area contributed by atoms with Crippen LogP contribution in [0.1, 0.15) is 22.3 Å². The number of aromatic amines is 1. The molecular formula is C19H18FN3O. The molecule has 0 atom stereocenters. The van der Waals surface area contributed by atoms with Crippen LogP contribution in [0, 0.1) is 12.7 Å². The third-order valence-electron chi connectivity index (χ3n) is 4.58. The van der Waals surface area contributed by atoms with E-state index in [0.29, 0.717) is 6.42 Å². The lowest BCUT2D eigenvalue weighted by atomic mass is 10.1. The summed E-state index contributed by atoms with van der Waals surface area (Å²) >= 11 is 0. The molecular weight excluding hydrogens is 305 g/mol. The Kier molecular flexibility index (Phi) is 3.49. The fourth-order valence-electron chi connectivity index (χ4n) is 3.21. The van der Waals surface area contributed by atoms with E-state index in [1.807, 2.05) is 12.1 Å². The zero-order valence-corrected chi connectivity index (χ0v) is 13.6. The summed E-state index contributed by atoms with van der Waals surface area (Å²) in [6.45, 7) is 2.81. The van der Waals surface area contributed by atoms with E-state index in [-0.39, 0.29) is 11.6 Å². The first-order valence-corrected chi connectivity index (χ1v) is 7.89. The molecule has 4 rings (SSSR count). The van der Waals surface area contributed by atoms with Gasteiger partial charge in [0.25, 0.3) is 0 Å². The molecule has 4 nitrogen and oxygen atoms in total. The minimum atomic E-state index is -0.334. The average Bonchev–Trinajstić information content (AvgIpc) is 3.12. The van der Waals surface area contributed by atoms with Gasteiger partial charge in [-0.2, -0.15) is 5.10 Å². The second kappa shape index (κ2) is 5.67. The number of nitrogens with one attached hydrogen (secondary N) is 2. The minimum Gasteiger partial charge on any atom is -0.494 e. The number of hydrogen-bond acceptors (Lipinski definition) is 3. The smallest absolute Gasteiger partial charge is 0.165 e. The van der Waals surface area contributed by atoms with Crippen molar-refractivity contribution in [3.05, 3.63) is 64.5 Å². The molecule has 0 bridgehead atoms. The molecule has 2 aromatic carbocycles. The van der Waals surface area contributed by atoms with E-state index in [4.69, 9.17) is 4.74 Å². The lowest BCUT2D eigenvalue weighted by molar-refractivity contribution is 0.386. The molecule has 3 aromatic rings. The highest BCUT2D eigenvalue weighted by Crippen LogP contribution is 2.41. The zero-order valence-electron chi connectivity index (χ0n) is 13.6. The van der Waals surface area contributed by atoms with Crippen molar-refractivity contribution in [2.75, 3.05) is 12.4 Å². The first-order valence-electron chi connectivity index (χ1n) is 7.89. The van der Waals surface area contributed by atoms with Gasteiger partial charge in [0.05, 0.1) is 12.8 Å². The molecule has 0 saturated carbocycles. The summed E-state index contributed by atoms with van der Waals surface area (Å²) in [5, 5.41) is 10.9. The molecule has 0 amide bonds. The maximum absolute atomic E-state index is 13.9. The van der Waals surface area contributed by atoms with Gasteiger partial charge in [-0.3, -0.25) is 5.10 Å². The predicted molar refractivity (Wildman–Crippen MR) is 91.8 cm³/mol. The molecule has 0 unspecified atom stereocenters. The van der Waals surface area contributed by atoms with Crippen LogP contribution in [-0.2, 0) is 13.0 Å². The molecule has 1 heterocycles. The Morgan fingerprint density at radius 3 is 2.92 bits per heavy atom. The third kappa shape index (κ3) is 2.33. The molecule has 0 spiro atoms. The summed E-state index contributed by atoms with van der Waals surface area (Å²) in [5.74, 6) is 0.808. The molecule has 0 radical (unpaired) electrons. The van der Waals surface area contributed by atoms with Crippen LogP contribution < -0.4 is 10.1 Å². The summed E-state index contributed by atoms with van der Waals surface area (Å²) in [5.41, 5.74) is 6.31. The molecule has 2 N–H and O–H groups in total. The Balaban J connectivity index is 1.61. The Labute approximate surface area is 139 Å². The van der Waals surface area contributed by atoms with Crippen LogP contribution in [0.2, 0.25) is 0 Å². The standard InChI is InChI=1S/C19H18FN3O/c1-11-5-3-4-6-12(11)10-21-19-15-7-13-8-16(20)17(24-2)9-14(13)18(15)22-23-19/h3-6,8-9H,7,10H2,1-2H3,(H2,21,22,23). The van der Waals surface area contributed by atoms with Crippen LogP contribution in [0.15, 0.2) is 36.4 Å². The number of benzene rings is 2. The van der Waals surface area contributed by atoms with Gasteiger partial charge in [0.2, 0.25) is 0 Å². The van der Waals surface area contributed by atoms with Gasteiger partial charge in [-0.1, -0.05) is 24.3 Å². The molecule has 122 valence electrons. The topological polar surface area (TPSA) is 49.9 Å². The summed E-state index contributed by atoms with van der Waals surface area (Å²) in [6, 6.07) is 11.5. The summed E-state index contributed by atoms with van der Waals surface area (Å²) < 4.78 is 19.0. The number of aromatic nitrogens is 2. The number of halogens is 1.